The fraction of sp³-hybridized carbons (Fsp3) is 0.529. The van der Waals surface area contributed by atoms with Crippen LogP contribution >= 0.6 is 11.3 Å². The lowest BCUT2D eigenvalue weighted by molar-refractivity contribution is 0.292. The predicted octanol–water partition coefficient (Wildman–Crippen LogP) is 4.77. The van der Waals surface area contributed by atoms with E-state index in [1.165, 1.54) is 60.6 Å². The van der Waals surface area contributed by atoms with Gasteiger partial charge >= 0.3 is 0 Å². The van der Waals surface area contributed by atoms with Gasteiger partial charge in [0.25, 0.3) is 0 Å². The van der Waals surface area contributed by atoms with E-state index in [0.717, 1.165) is 0 Å². The zero-order chi connectivity index (χ0) is 13.8. The van der Waals surface area contributed by atoms with Gasteiger partial charge < -0.3 is 0 Å². The third-order valence-electron chi connectivity index (χ3n) is 4.65. The average molecular weight is 288 g/mol. The summed E-state index contributed by atoms with van der Waals surface area (Å²) in [6.45, 7) is 0. The predicted molar refractivity (Wildman–Crippen MR) is 87.7 cm³/mol. The largest absolute Gasteiger partial charge is 0.271 e. The molecule has 20 heavy (non-hydrogen) atoms. The third-order valence-corrected chi connectivity index (χ3v) is 5.62. The molecule has 1 aliphatic carbocycles. The van der Waals surface area contributed by atoms with Gasteiger partial charge in [0, 0.05) is 4.70 Å². The SMILES string of the molecule is NNC(c1cccc2ccsc12)C1CCCCCCC1. The summed E-state index contributed by atoms with van der Waals surface area (Å²) in [5.41, 5.74) is 4.52. The minimum atomic E-state index is 0.301. The highest BCUT2D eigenvalue weighted by Gasteiger charge is 2.24. The molecule has 1 atom stereocenters. The zero-order valence-corrected chi connectivity index (χ0v) is 12.8. The molecule has 1 aliphatic rings. The number of thiophene rings is 1. The Balaban J connectivity index is 1.89. The molecule has 3 heteroatoms. The first-order valence-electron chi connectivity index (χ1n) is 7.82. The van der Waals surface area contributed by atoms with E-state index in [-0.39, 0.29) is 0 Å². The number of nitrogens with one attached hydrogen (secondary N) is 1. The standard InChI is InChI=1S/C17H24N2S/c18-19-16(13-7-4-2-1-3-5-8-13)15-10-6-9-14-11-12-20-17(14)15/h6,9-13,16,19H,1-5,7-8,18H2. The van der Waals surface area contributed by atoms with Crippen LogP contribution in [0.3, 0.4) is 0 Å². The van der Waals surface area contributed by atoms with Crippen LogP contribution in [-0.4, -0.2) is 0 Å². The molecule has 108 valence electrons. The second kappa shape index (κ2) is 6.70. The summed E-state index contributed by atoms with van der Waals surface area (Å²) >= 11 is 1.84. The molecule has 1 heterocycles. The van der Waals surface area contributed by atoms with Crippen molar-refractivity contribution in [2.75, 3.05) is 0 Å². The van der Waals surface area contributed by atoms with E-state index < -0.39 is 0 Å². The monoisotopic (exact) mass is 288 g/mol. The highest BCUT2D eigenvalue weighted by Crippen LogP contribution is 2.37. The third kappa shape index (κ3) is 2.90. The quantitative estimate of drug-likeness (QED) is 0.631. The molecule has 0 amide bonds. The van der Waals surface area contributed by atoms with Gasteiger partial charge in [0.05, 0.1) is 6.04 Å². The van der Waals surface area contributed by atoms with E-state index in [1.807, 2.05) is 11.3 Å². The number of fused-ring (bicyclic) bond motifs is 1. The summed E-state index contributed by atoms with van der Waals surface area (Å²) in [7, 11) is 0. The van der Waals surface area contributed by atoms with Crippen molar-refractivity contribution >= 4 is 21.4 Å². The summed E-state index contributed by atoms with van der Waals surface area (Å²) in [4.78, 5) is 0. The van der Waals surface area contributed by atoms with Crippen LogP contribution in [-0.2, 0) is 0 Å². The second-order valence-corrected chi connectivity index (χ2v) is 6.85. The minimum Gasteiger partial charge on any atom is -0.271 e. The number of hydrogen-bond donors (Lipinski definition) is 2. The van der Waals surface area contributed by atoms with Crippen molar-refractivity contribution in [2.45, 2.75) is 51.0 Å². The van der Waals surface area contributed by atoms with E-state index in [1.54, 1.807) is 0 Å². The second-order valence-electron chi connectivity index (χ2n) is 5.94. The summed E-state index contributed by atoms with van der Waals surface area (Å²) in [6.07, 6.45) is 9.49. The molecule has 2 nitrogen and oxygen atoms in total. The van der Waals surface area contributed by atoms with E-state index in [0.29, 0.717) is 12.0 Å². The van der Waals surface area contributed by atoms with E-state index in [9.17, 15) is 0 Å². The van der Waals surface area contributed by atoms with Gasteiger partial charge in [-0.15, -0.1) is 11.3 Å². The van der Waals surface area contributed by atoms with Crippen molar-refractivity contribution in [3.63, 3.8) is 0 Å². The molecule has 1 unspecified atom stereocenters. The zero-order valence-electron chi connectivity index (χ0n) is 12.0. The lowest BCUT2D eigenvalue weighted by Gasteiger charge is -2.29. The molecule has 1 aromatic heterocycles. The maximum atomic E-state index is 5.94. The van der Waals surface area contributed by atoms with Crippen molar-refractivity contribution in [3.05, 3.63) is 35.2 Å². The van der Waals surface area contributed by atoms with Crippen molar-refractivity contribution in [1.29, 1.82) is 0 Å². The summed E-state index contributed by atoms with van der Waals surface area (Å²) in [5, 5.41) is 3.53. The van der Waals surface area contributed by atoms with Crippen LogP contribution in [0, 0.1) is 5.92 Å². The van der Waals surface area contributed by atoms with Crippen LogP contribution in [0.15, 0.2) is 29.6 Å². The molecular formula is C17H24N2S. The Morgan fingerprint density at radius 2 is 1.80 bits per heavy atom. The Kier molecular flexibility index (Phi) is 4.71. The molecule has 1 fully saturated rings. The number of hydrogen-bond acceptors (Lipinski definition) is 3. The minimum absolute atomic E-state index is 0.301. The van der Waals surface area contributed by atoms with Crippen LogP contribution in [0.4, 0.5) is 0 Å². The maximum absolute atomic E-state index is 5.94. The molecule has 1 aromatic carbocycles. The maximum Gasteiger partial charge on any atom is 0.0502 e. The van der Waals surface area contributed by atoms with E-state index >= 15 is 0 Å². The smallest absolute Gasteiger partial charge is 0.0502 e. The fourth-order valence-corrected chi connectivity index (χ4v) is 4.52. The van der Waals surface area contributed by atoms with Crippen molar-refractivity contribution in [3.8, 4) is 0 Å². The van der Waals surface area contributed by atoms with Gasteiger partial charge in [-0.05, 0) is 41.2 Å². The summed E-state index contributed by atoms with van der Waals surface area (Å²) < 4.78 is 1.40. The highest BCUT2D eigenvalue weighted by molar-refractivity contribution is 7.17. The van der Waals surface area contributed by atoms with Crippen molar-refractivity contribution in [1.82, 2.24) is 5.43 Å². The highest BCUT2D eigenvalue weighted by atomic mass is 32.1. The molecule has 0 aliphatic heterocycles. The van der Waals surface area contributed by atoms with Crippen LogP contribution in [0.5, 0.6) is 0 Å². The fourth-order valence-electron chi connectivity index (χ4n) is 3.56. The average Bonchev–Trinajstić information content (AvgIpc) is 2.90. The van der Waals surface area contributed by atoms with E-state index in [4.69, 9.17) is 5.84 Å². The Bertz CT molecular complexity index is 541. The van der Waals surface area contributed by atoms with Gasteiger partial charge in [0.2, 0.25) is 0 Å². The topological polar surface area (TPSA) is 38.0 Å². The molecule has 0 bridgehead atoms. The van der Waals surface area contributed by atoms with E-state index in [2.05, 4.69) is 35.1 Å². The lowest BCUT2D eigenvalue weighted by atomic mass is 9.83. The van der Waals surface area contributed by atoms with Crippen LogP contribution < -0.4 is 11.3 Å². The Hall–Kier alpha value is -0.900. The molecule has 3 rings (SSSR count). The van der Waals surface area contributed by atoms with Gasteiger partial charge in [-0.25, -0.2) is 0 Å². The number of rotatable bonds is 3. The molecule has 2 aromatic rings. The summed E-state index contributed by atoms with van der Waals surface area (Å²) in [5.74, 6) is 6.61. The lowest BCUT2D eigenvalue weighted by Crippen LogP contribution is -2.34. The summed E-state index contributed by atoms with van der Waals surface area (Å²) in [6, 6.07) is 9.12. The first-order chi connectivity index (χ1) is 9.90. The van der Waals surface area contributed by atoms with Gasteiger partial charge in [0.15, 0.2) is 0 Å². The van der Waals surface area contributed by atoms with Crippen molar-refractivity contribution in [2.24, 2.45) is 11.8 Å². The first-order valence-corrected chi connectivity index (χ1v) is 8.70. The van der Waals surface area contributed by atoms with Gasteiger partial charge in [0.1, 0.15) is 0 Å². The van der Waals surface area contributed by atoms with Gasteiger partial charge in [-0.2, -0.15) is 0 Å². The number of benzene rings is 1. The Labute approximate surface area is 125 Å². The first kappa shape index (κ1) is 14.1. The van der Waals surface area contributed by atoms with Crippen LogP contribution in [0.1, 0.15) is 56.6 Å². The normalized spacial score (nSPS) is 19.6. The van der Waals surface area contributed by atoms with Gasteiger partial charge in [-0.1, -0.05) is 50.3 Å². The molecule has 0 spiro atoms. The Morgan fingerprint density at radius 1 is 1.05 bits per heavy atom. The molecule has 3 N–H and O–H groups in total. The Morgan fingerprint density at radius 3 is 2.55 bits per heavy atom. The molecule has 0 radical (unpaired) electrons. The molecule has 0 saturated heterocycles. The van der Waals surface area contributed by atoms with Crippen LogP contribution in [0.25, 0.3) is 10.1 Å². The number of hydrazine groups is 1. The molecular weight excluding hydrogens is 264 g/mol. The van der Waals surface area contributed by atoms with Crippen molar-refractivity contribution < 1.29 is 0 Å². The molecule has 1 saturated carbocycles. The number of nitrogens with two attached hydrogens (primary N) is 1. The van der Waals surface area contributed by atoms with Crippen LogP contribution in [0.2, 0.25) is 0 Å². The van der Waals surface area contributed by atoms with Gasteiger partial charge in [-0.3, -0.25) is 11.3 Å².